The molecular weight excluding hydrogens is 368 g/mol. The number of hydrogen-bond donors (Lipinski definition) is 0. The summed E-state index contributed by atoms with van der Waals surface area (Å²) in [6.45, 7) is 6.50. The highest BCUT2D eigenvalue weighted by atomic mass is 32.1. The van der Waals surface area contributed by atoms with Crippen LogP contribution in [0.2, 0.25) is 0 Å². The van der Waals surface area contributed by atoms with E-state index >= 15 is 0 Å². The Balaban J connectivity index is 1.48. The molecule has 1 aromatic heterocycles. The number of rotatable bonds is 2. The van der Waals surface area contributed by atoms with E-state index in [2.05, 4.69) is 30.9 Å². The van der Waals surface area contributed by atoms with E-state index in [-0.39, 0.29) is 11.5 Å². The Morgan fingerprint density at radius 3 is 2.48 bits per heavy atom. The largest absolute Gasteiger partial charge is 0.345 e. The minimum absolute atomic E-state index is 0.174. The minimum atomic E-state index is -1.00. The Bertz CT molecular complexity index is 1030. The van der Waals surface area contributed by atoms with E-state index in [9.17, 15) is 13.6 Å². The number of aromatic nitrogens is 1. The molecule has 1 aliphatic heterocycles. The van der Waals surface area contributed by atoms with Crippen LogP contribution in [0, 0.1) is 25.5 Å². The fraction of sp³-hybridized carbons (Fsp3) is 0.300. The molecule has 4 rings (SSSR count). The monoisotopic (exact) mass is 387 g/mol. The van der Waals surface area contributed by atoms with Gasteiger partial charge in [-0.2, -0.15) is 0 Å². The van der Waals surface area contributed by atoms with Crippen molar-refractivity contribution in [3.63, 3.8) is 0 Å². The number of carbonyl (C=O) groups is 1. The highest BCUT2D eigenvalue weighted by Gasteiger charge is 2.24. The number of fused-ring (bicyclic) bond motifs is 1. The molecule has 140 valence electrons. The molecule has 2 aromatic carbocycles. The van der Waals surface area contributed by atoms with Crippen LogP contribution in [0.3, 0.4) is 0 Å². The maximum absolute atomic E-state index is 13.4. The van der Waals surface area contributed by atoms with Gasteiger partial charge in [0.1, 0.15) is 0 Å². The molecule has 7 heteroatoms. The molecule has 1 saturated heterocycles. The number of nitrogens with zero attached hydrogens (tertiary/aromatic N) is 3. The molecule has 0 saturated carbocycles. The summed E-state index contributed by atoms with van der Waals surface area (Å²) < 4.78 is 27.6. The van der Waals surface area contributed by atoms with Gasteiger partial charge in [-0.15, -0.1) is 0 Å². The van der Waals surface area contributed by atoms with Gasteiger partial charge in [0, 0.05) is 31.7 Å². The van der Waals surface area contributed by atoms with E-state index < -0.39 is 11.6 Å². The zero-order valence-corrected chi connectivity index (χ0v) is 15.9. The molecule has 0 spiro atoms. The van der Waals surface area contributed by atoms with Crippen LogP contribution in [0.25, 0.3) is 10.2 Å². The van der Waals surface area contributed by atoms with Gasteiger partial charge in [0.05, 0.1) is 10.2 Å². The second kappa shape index (κ2) is 6.88. The van der Waals surface area contributed by atoms with Gasteiger partial charge in [0.2, 0.25) is 0 Å². The van der Waals surface area contributed by atoms with Crippen molar-refractivity contribution < 1.29 is 13.6 Å². The van der Waals surface area contributed by atoms with Gasteiger partial charge >= 0.3 is 0 Å². The van der Waals surface area contributed by atoms with E-state index in [1.54, 1.807) is 16.2 Å². The van der Waals surface area contributed by atoms with Crippen molar-refractivity contribution >= 4 is 32.6 Å². The Morgan fingerprint density at radius 2 is 1.78 bits per heavy atom. The van der Waals surface area contributed by atoms with Crippen molar-refractivity contribution in [3.8, 4) is 0 Å². The van der Waals surface area contributed by atoms with Crippen LogP contribution in [0.4, 0.5) is 13.9 Å². The maximum Gasteiger partial charge on any atom is 0.254 e. The zero-order valence-electron chi connectivity index (χ0n) is 15.1. The molecule has 1 aliphatic rings. The fourth-order valence-corrected chi connectivity index (χ4v) is 4.60. The Hall–Kier alpha value is -2.54. The third-order valence-electron chi connectivity index (χ3n) is 4.82. The van der Waals surface area contributed by atoms with Crippen molar-refractivity contribution in [1.29, 1.82) is 0 Å². The quantitative estimate of drug-likeness (QED) is 0.663. The van der Waals surface area contributed by atoms with E-state index in [4.69, 9.17) is 4.98 Å². The number of halogens is 2. The number of carbonyl (C=O) groups excluding carboxylic acids is 1. The first-order valence-electron chi connectivity index (χ1n) is 8.79. The first-order chi connectivity index (χ1) is 12.9. The Morgan fingerprint density at radius 1 is 1.04 bits per heavy atom. The fourth-order valence-electron chi connectivity index (χ4n) is 3.41. The lowest BCUT2D eigenvalue weighted by Gasteiger charge is -2.34. The molecule has 1 fully saturated rings. The van der Waals surface area contributed by atoms with Crippen molar-refractivity contribution in [1.82, 2.24) is 9.88 Å². The molecule has 4 nitrogen and oxygen atoms in total. The molecule has 0 atom stereocenters. The van der Waals surface area contributed by atoms with Crippen molar-refractivity contribution in [3.05, 3.63) is 58.7 Å². The lowest BCUT2D eigenvalue weighted by Crippen LogP contribution is -2.48. The van der Waals surface area contributed by atoms with E-state index in [0.717, 1.165) is 22.8 Å². The van der Waals surface area contributed by atoms with Gasteiger partial charge in [-0.05, 0) is 49.2 Å². The van der Waals surface area contributed by atoms with Crippen molar-refractivity contribution in [2.75, 3.05) is 31.1 Å². The van der Waals surface area contributed by atoms with Crippen LogP contribution in [-0.4, -0.2) is 42.0 Å². The number of anilines is 1. The van der Waals surface area contributed by atoms with E-state index in [1.165, 1.54) is 21.9 Å². The van der Waals surface area contributed by atoms with E-state index in [1.807, 2.05) is 0 Å². The van der Waals surface area contributed by atoms with E-state index in [0.29, 0.717) is 26.2 Å². The van der Waals surface area contributed by atoms with Crippen molar-refractivity contribution in [2.24, 2.45) is 0 Å². The summed E-state index contributed by atoms with van der Waals surface area (Å²) in [4.78, 5) is 21.2. The molecule has 27 heavy (non-hydrogen) atoms. The molecule has 0 bridgehead atoms. The number of benzene rings is 2. The van der Waals surface area contributed by atoms with Gasteiger partial charge in [-0.3, -0.25) is 4.79 Å². The molecule has 1 amide bonds. The van der Waals surface area contributed by atoms with Crippen LogP contribution >= 0.6 is 11.3 Å². The summed E-state index contributed by atoms with van der Waals surface area (Å²) in [5.41, 5.74) is 3.59. The predicted octanol–water partition coefficient (Wildman–Crippen LogP) is 4.15. The zero-order chi connectivity index (χ0) is 19.1. The smallest absolute Gasteiger partial charge is 0.254 e. The minimum Gasteiger partial charge on any atom is -0.345 e. The summed E-state index contributed by atoms with van der Waals surface area (Å²) in [7, 11) is 0. The third kappa shape index (κ3) is 3.39. The molecule has 0 unspecified atom stereocenters. The lowest BCUT2D eigenvalue weighted by atomic mass is 10.1. The molecule has 3 aromatic rings. The number of amides is 1. The Kier molecular flexibility index (Phi) is 4.55. The number of thiazole rings is 1. The van der Waals surface area contributed by atoms with Crippen LogP contribution in [0.1, 0.15) is 21.5 Å². The lowest BCUT2D eigenvalue weighted by molar-refractivity contribution is 0.0746. The Labute approximate surface area is 160 Å². The number of piperazine rings is 1. The first kappa shape index (κ1) is 17.9. The van der Waals surface area contributed by atoms with Gasteiger partial charge in [-0.1, -0.05) is 17.4 Å². The second-order valence-corrected chi connectivity index (χ2v) is 7.84. The third-order valence-corrected chi connectivity index (χ3v) is 5.89. The van der Waals surface area contributed by atoms with Gasteiger partial charge in [-0.25, -0.2) is 13.8 Å². The SMILES string of the molecule is Cc1cc(C)c2nc(N3CCN(C(=O)c4ccc(F)c(F)c4)CC3)sc2c1. The molecule has 0 N–H and O–H groups in total. The summed E-state index contributed by atoms with van der Waals surface area (Å²) >= 11 is 1.66. The second-order valence-electron chi connectivity index (χ2n) is 6.83. The predicted molar refractivity (Wildman–Crippen MR) is 104 cm³/mol. The highest BCUT2D eigenvalue weighted by Crippen LogP contribution is 2.32. The molecule has 0 radical (unpaired) electrons. The van der Waals surface area contributed by atoms with Crippen molar-refractivity contribution in [2.45, 2.75) is 13.8 Å². The maximum atomic E-state index is 13.4. The van der Waals surface area contributed by atoms with Gasteiger partial charge < -0.3 is 9.80 Å². The standard InChI is InChI=1S/C20H19F2N3OS/c1-12-9-13(2)18-17(10-12)27-20(23-18)25-7-5-24(6-8-25)19(26)14-3-4-15(21)16(22)11-14/h3-4,9-11H,5-8H2,1-2H3. The van der Waals surface area contributed by atoms with Crippen LogP contribution in [0.15, 0.2) is 30.3 Å². The molecular formula is C20H19F2N3OS. The first-order valence-corrected chi connectivity index (χ1v) is 9.61. The van der Waals surface area contributed by atoms with Gasteiger partial charge in [0.15, 0.2) is 16.8 Å². The van der Waals surface area contributed by atoms with Gasteiger partial charge in [0.25, 0.3) is 5.91 Å². The topological polar surface area (TPSA) is 36.4 Å². The van der Waals surface area contributed by atoms with Crippen LogP contribution < -0.4 is 4.90 Å². The summed E-state index contributed by atoms with van der Waals surface area (Å²) in [6, 6.07) is 7.55. The van der Waals surface area contributed by atoms with Crippen LogP contribution in [0.5, 0.6) is 0 Å². The normalized spacial score (nSPS) is 14.8. The van der Waals surface area contributed by atoms with Crippen LogP contribution in [-0.2, 0) is 0 Å². The molecule has 0 aliphatic carbocycles. The summed E-state index contributed by atoms with van der Waals surface area (Å²) in [5.74, 6) is -2.22. The summed E-state index contributed by atoms with van der Waals surface area (Å²) in [6.07, 6.45) is 0. The average molecular weight is 387 g/mol. The number of aryl methyl sites for hydroxylation is 2. The molecule has 2 heterocycles. The highest BCUT2D eigenvalue weighted by molar-refractivity contribution is 7.22. The summed E-state index contributed by atoms with van der Waals surface area (Å²) in [5, 5.41) is 0.957. The average Bonchev–Trinajstić information content (AvgIpc) is 3.08. The number of hydrogen-bond acceptors (Lipinski definition) is 4.